The van der Waals surface area contributed by atoms with Crippen LogP contribution in [0.1, 0.15) is 32.8 Å². The van der Waals surface area contributed by atoms with E-state index in [0.717, 1.165) is 12.2 Å². The van der Waals surface area contributed by atoms with E-state index in [1.54, 1.807) is 13.8 Å². The van der Waals surface area contributed by atoms with Gasteiger partial charge in [-0.2, -0.15) is 0 Å². The molecule has 0 unspecified atom stereocenters. The number of thioether (sulfide) groups is 2. The van der Waals surface area contributed by atoms with E-state index in [-0.39, 0.29) is 24.5 Å². The largest absolute Gasteiger partial charge is 0.481 e. The summed E-state index contributed by atoms with van der Waals surface area (Å²) in [5, 5.41) is 11.2. The molecule has 0 saturated carbocycles. The molecule has 0 saturated heterocycles. The van der Waals surface area contributed by atoms with Gasteiger partial charge in [0.1, 0.15) is 27.2 Å². The SMILES string of the molecule is C#CCOc1ccc([N+](=O)[O-])c(COC(=O)C(C)(C)SC(=S)SCCC)c1. The van der Waals surface area contributed by atoms with Crippen LogP contribution in [0.25, 0.3) is 0 Å². The van der Waals surface area contributed by atoms with Crippen molar-refractivity contribution >= 4 is 50.9 Å². The van der Waals surface area contributed by atoms with Gasteiger partial charge in [0, 0.05) is 6.07 Å². The Morgan fingerprint density at radius 3 is 2.74 bits per heavy atom. The molecule has 0 aromatic heterocycles. The van der Waals surface area contributed by atoms with Crippen LogP contribution >= 0.6 is 35.7 Å². The first-order chi connectivity index (χ1) is 12.7. The first kappa shape index (κ1) is 23.3. The quantitative estimate of drug-likeness (QED) is 0.186. The van der Waals surface area contributed by atoms with Gasteiger partial charge >= 0.3 is 5.97 Å². The van der Waals surface area contributed by atoms with Gasteiger partial charge < -0.3 is 9.47 Å². The van der Waals surface area contributed by atoms with Gasteiger partial charge in [-0.05, 0) is 38.2 Å². The van der Waals surface area contributed by atoms with Crippen LogP contribution < -0.4 is 4.74 Å². The zero-order chi connectivity index (χ0) is 20.4. The predicted molar refractivity (Wildman–Crippen MR) is 114 cm³/mol. The molecule has 0 spiro atoms. The van der Waals surface area contributed by atoms with Crippen LogP contribution in [0.15, 0.2) is 18.2 Å². The van der Waals surface area contributed by atoms with Gasteiger partial charge in [0.2, 0.25) is 0 Å². The zero-order valence-electron chi connectivity index (χ0n) is 15.4. The van der Waals surface area contributed by atoms with E-state index in [1.165, 1.54) is 41.7 Å². The van der Waals surface area contributed by atoms with Crippen LogP contribution in [0.3, 0.4) is 0 Å². The second-order valence-corrected chi connectivity index (χ2v) is 9.75. The number of ether oxygens (including phenoxy) is 2. The Morgan fingerprint density at radius 1 is 1.44 bits per heavy atom. The Morgan fingerprint density at radius 2 is 2.15 bits per heavy atom. The van der Waals surface area contributed by atoms with E-state index >= 15 is 0 Å². The summed E-state index contributed by atoms with van der Waals surface area (Å²) >= 11 is 8.04. The molecule has 1 rings (SSSR count). The van der Waals surface area contributed by atoms with Gasteiger partial charge in [-0.1, -0.05) is 36.8 Å². The van der Waals surface area contributed by atoms with Crippen molar-refractivity contribution in [2.45, 2.75) is 38.5 Å². The highest BCUT2D eigenvalue weighted by molar-refractivity contribution is 8.47. The molecule has 0 N–H and O–H groups in total. The van der Waals surface area contributed by atoms with E-state index in [2.05, 4.69) is 5.92 Å². The summed E-state index contributed by atoms with van der Waals surface area (Å²) in [4.78, 5) is 23.1. The second-order valence-electron chi connectivity index (χ2n) is 5.83. The number of benzene rings is 1. The van der Waals surface area contributed by atoms with Crippen LogP contribution in [0.5, 0.6) is 5.75 Å². The molecule has 0 atom stereocenters. The molecule has 0 aliphatic heterocycles. The Balaban J connectivity index is 2.82. The van der Waals surface area contributed by atoms with Gasteiger partial charge in [0.05, 0.1) is 10.5 Å². The summed E-state index contributed by atoms with van der Waals surface area (Å²) in [5.41, 5.74) is 0.0712. The smallest absolute Gasteiger partial charge is 0.322 e. The second kappa shape index (κ2) is 11.2. The first-order valence-corrected chi connectivity index (χ1v) is 10.3. The lowest BCUT2D eigenvalue weighted by Gasteiger charge is -2.22. The highest BCUT2D eigenvalue weighted by atomic mass is 32.2. The number of nitro benzene ring substituents is 1. The van der Waals surface area contributed by atoms with Gasteiger partial charge in [0.25, 0.3) is 5.69 Å². The Hall–Kier alpha value is -1.76. The summed E-state index contributed by atoms with van der Waals surface area (Å²) < 4.78 is 10.4. The summed E-state index contributed by atoms with van der Waals surface area (Å²) in [6.07, 6.45) is 6.13. The van der Waals surface area contributed by atoms with E-state index in [1.807, 2.05) is 6.92 Å². The number of thiocarbonyl (C=S) groups is 1. The van der Waals surface area contributed by atoms with Crippen LogP contribution in [0.4, 0.5) is 5.69 Å². The molecule has 0 bridgehead atoms. The van der Waals surface area contributed by atoms with E-state index in [4.69, 9.17) is 28.1 Å². The van der Waals surface area contributed by atoms with Gasteiger partial charge in [0.15, 0.2) is 0 Å². The molecule has 27 heavy (non-hydrogen) atoms. The van der Waals surface area contributed by atoms with Crippen molar-refractivity contribution in [2.24, 2.45) is 0 Å². The Bertz CT molecular complexity index is 743. The molecule has 6 nitrogen and oxygen atoms in total. The Labute approximate surface area is 172 Å². The summed E-state index contributed by atoms with van der Waals surface area (Å²) in [6, 6.07) is 4.19. The zero-order valence-corrected chi connectivity index (χ0v) is 17.8. The fourth-order valence-electron chi connectivity index (χ4n) is 1.85. The number of rotatable bonds is 9. The molecule has 1 aromatic rings. The molecule has 0 radical (unpaired) electrons. The first-order valence-electron chi connectivity index (χ1n) is 8.07. The molecule has 146 valence electrons. The average Bonchev–Trinajstić information content (AvgIpc) is 2.61. The number of carbonyl (C=O) groups is 1. The van der Waals surface area contributed by atoms with E-state index in [0.29, 0.717) is 9.28 Å². The average molecular weight is 428 g/mol. The summed E-state index contributed by atoms with van der Waals surface area (Å²) in [5.74, 6) is 3.07. The number of terminal acetylenes is 1. The number of esters is 1. The summed E-state index contributed by atoms with van der Waals surface area (Å²) in [6.45, 7) is 5.25. The number of hydrogen-bond acceptors (Lipinski definition) is 8. The van der Waals surface area contributed by atoms with Crippen molar-refractivity contribution in [1.82, 2.24) is 0 Å². The minimum atomic E-state index is -0.899. The predicted octanol–water partition coefficient (Wildman–Crippen LogP) is 4.59. The van der Waals surface area contributed by atoms with Crippen molar-refractivity contribution in [3.8, 4) is 18.1 Å². The van der Waals surface area contributed by atoms with Crippen molar-refractivity contribution in [3.05, 3.63) is 33.9 Å². The lowest BCUT2D eigenvalue weighted by molar-refractivity contribution is -0.385. The number of nitrogens with zero attached hydrogens (tertiary/aromatic N) is 1. The Kier molecular flexibility index (Phi) is 9.63. The standard InChI is InChI=1S/C18H21NO5S3/c1-5-9-23-14-7-8-15(19(21)22)13(11-14)12-24-16(20)18(3,4)27-17(25)26-10-6-2/h1,7-8,11H,6,9-10,12H2,2-4H3. The maximum Gasteiger partial charge on any atom is 0.322 e. The maximum atomic E-state index is 12.4. The van der Waals surface area contributed by atoms with Gasteiger partial charge in [-0.15, -0.1) is 18.2 Å². The van der Waals surface area contributed by atoms with E-state index < -0.39 is 15.6 Å². The third-order valence-corrected chi connectivity index (χ3v) is 6.08. The minimum Gasteiger partial charge on any atom is -0.481 e. The van der Waals surface area contributed by atoms with Crippen molar-refractivity contribution in [2.75, 3.05) is 12.4 Å². The van der Waals surface area contributed by atoms with E-state index in [9.17, 15) is 14.9 Å². The molecule has 0 heterocycles. The normalized spacial score (nSPS) is 10.7. The molecular weight excluding hydrogens is 406 g/mol. The lowest BCUT2D eigenvalue weighted by Crippen LogP contribution is -2.31. The highest BCUT2D eigenvalue weighted by Gasteiger charge is 2.32. The molecule has 1 aromatic carbocycles. The van der Waals surface area contributed by atoms with Crippen molar-refractivity contribution in [3.63, 3.8) is 0 Å². The summed E-state index contributed by atoms with van der Waals surface area (Å²) in [7, 11) is 0. The van der Waals surface area contributed by atoms with Crippen molar-refractivity contribution < 1.29 is 19.2 Å². The fourth-order valence-corrected chi connectivity index (χ4v) is 4.77. The number of nitro groups is 1. The molecule has 0 aliphatic rings. The van der Waals surface area contributed by atoms with Crippen LogP contribution in [0, 0.1) is 22.5 Å². The maximum absolute atomic E-state index is 12.4. The van der Waals surface area contributed by atoms with Gasteiger partial charge in [-0.3, -0.25) is 14.9 Å². The fraction of sp³-hybridized carbons (Fsp3) is 0.444. The molecule has 0 amide bonds. The molecular formula is C18H21NO5S3. The minimum absolute atomic E-state index is 0.0353. The topological polar surface area (TPSA) is 78.7 Å². The van der Waals surface area contributed by atoms with Crippen LogP contribution in [0.2, 0.25) is 0 Å². The third kappa shape index (κ3) is 7.79. The molecule has 9 heteroatoms. The van der Waals surface area contributed by atoms with Crippen LogP contribution in [-0.2, 0) is 16.1 Å². The monoisotopic (exact) mass is 427 g/mol. The third-order valence-electron chi connectivity index (χ3n) is 3.18. The molecule has 0 aliphatic carbocycles. The van der Waals surface area contributed by atoms with Crippen molar-refractivity contribution in [1.29, 1.82) is 0 Å². The highest BCUT2D eigenvalue weighted by Crippen LogP contribution is 2.33. The van der Waals surface area contributed by atoms with Gasteiger partial charge in [-0.25, -0.2) is 0 Å². The lowest BCUT2D eigenvalue weighted by atomic mass is 10.1. The molecule has 0 fully saturated rings. The number of hydrogen-bond donors (Lipinski definition) is 0. The number of carbonyl (C=O) groups excluding carboxylic acids is 1. The van der Waals surface area contributed by atoms with Crippen LogP contribution in [-0.4, -0.2) is 31.5 Å².